The van der Waals surface area contributed by atoms with Gasteiger partial charge in [0.25, 0.3) is 0 Å². The molecule has 0 rings (SSSR count). The summed E-state index contributed by atoms with van der Waals surface area (Å²) in [4.78, 5) is 0. The quantitative estimate of drug-likeness (QED) is 0.181. The Bertz CT molecular complexity index is 402. The smallest absolute Gasteiger partial charge is 0.0300 e. The molecule has 0 aromatic carbocycles. The molecule has 0 nitrogen and oxygen atoms in total. The third-order valence-electron chi connectivity index (χ3n) is 8.19. The van der Waals surface area contributed by atoms with Crippen LogP contribution in [0.3, 0.4) is 0 Å². The Labute approximate surface area is 180 Å². The van der Waals surface area contributed by atoms with E-state index in [0.29, 0.717) is 5.41 Å². The van der Waals surface area contributed by atoms with Gasteiger partial charge in [-0.25, -0.2) is 0 Å². The van der Waals surface area contributed by atoms with Gasteiger partial charge in [-0.2, -0.15) is 0 Å². The molecule has 5 atom stereocenters. The fourth-order valence-corrected chi connectivity index (χ4v) is 4.95. The molecular weight excluding hydrogens is 336 g/mol. The Morgan fingerprint density at radius 2 is 1.32 bits per heavy atom. The van der Waals surface area contributed by atoms with Crippen molar-refractivity contribution in [1.29, 1.82) is 0 Å². The van der Waals surface area contributed by atoms with Gasteiger partial charge in [0, 0.05) is 0 Å². The van der Waals surface area contributed by atoms with Crippen LogP contribution in [0.15, 0.2) is 12.2 Å². The highest BCUT2D eigenvalue weighted by molar-refractivity contribution is 4.89. The van der Waals surface area contributed by atoms with Gasteiger partial charge >= 0.3 is 0 Å². The molecule has 168 valence electrons. The SMILES string of the molecule is C=C(C)CC(C)CCCC(C)C(C)C(CCCCC(C)CC)C(C)(C)C(C)C. The maximum Gasteiger partial charge on any atom is -0.0300 e. The zero-order valence-electron chi connectivity index (χ0n) is 21.5. The van der Waals surface area contributed by atoms with E-state index in [1.165, 1.54) is 63.4 Å². The standard InChI is InChI=1S/C28H56/c1-12-23(6)16-13-14-19-27(28(10,11)22(4)5)26(9)25(8)18-15-17-24(7)20-21(2)3/h22-27H,2,12-20H2,1,3-11H3. The van der Waals surface area contributed by atoms with E-state index in [4.69, 9.17) is 0 Å². The second-order valence-electron chi connectivity index (χ2n) is 11.4. The average molecular weight is 393 g/mol. The summed E-state index contributed by atoms with van der Waals surface area (Å²) in [5.41, 5.74) is 1.77. The Balaban J connectivity index is 4.76. The maximum atomic E-state index is 4.08. The fraction of sp³-hybridized carbons (Fsp3) is 0.929. The molecule has 0 aromatic heterocycles. The molecule has 0 heterocycles. The molecular formula is C28H56. The molecule has 0 heteroatoms. The van der Waals surface area contributed by atoms with Gasteiger partial charge in [0.1, 0.15) is 0 Å². The predicted octanol–water partition coefficient (Wildman–Crippen LogP) is 9.94. The topological polar surface area (TPSA) is 0 Å². The normalized spacial score (nSPS) is 18.0. The number of rotatable bonds is 16. The Hall–Kier alpha value is -0.260. The van der Waals surface area contributed by atoms with Crippen LogP contribution >= 0.6 is 0 Å². The molecule has 0 saturated heterocycles. The van der Waals surface area contributed by atoms with Crippen molar-refractivity contribution in [2.75, 3.05) is 0 Å². The van der Waals surface area contributed by atoms with Gasteiger partial charge in [0.2, 0.25) is 0 Å². The van der Waals surface area contributed by atoms with Crippen LogP contribution in [0.4, 0.5) is 0 Å². The molecule has 0 spiro atoms. The minimum Gasteiger partial charge on any atom is -0.100 e. The minimum absolute atomic E-state index is 0.428. The summed E-state index contributed by atoms with van der Waals surface area (Å²) in [5.74, 6) is 4.93. The van der Waals surface area contributed by atoms with E-state index in [9.17, 15) is 0 Å². The minimum atomic E-state index is 0.428. The van der Waals surface area contributed by atoms with Crippen molar-refractivity contribution in [3.63, 3.8) is 0 Å². The number of hydrogen-bond acceptors (Lipinski definition) is 0. The van der Waals surface area contributed by atoms with Crippen molar-refractivity contribution in [2.45, 2.75) is 127 Å². The number of unbranched alkanes of at least 4 members (excludes halogenated alkanes) is 1. The lowest BCUT2D eigenvalue weighted by Gasteiger charge is -2.44. The summed E-state index contributed by atoms with van der Waals surface area (Å²) in [6, 6.07) is 0. The van der Waals surface area contributed by atoms with Crippen molar-refractivity contribution in [1.82, 2.24) is 0 Å². The van der Waals surface area contributed by atoms with E-state index >= 15 is 0 Å². The first-order valence-corrected chi connectivity index (χ1v) is 12.6. The molecule has 0 saturated carbocycles. The van der Waals surface area contributed by atoms with Crippen LogP contribution in [0, 0.1) is 40.9 Å². The number of hydrogen-bond donors (Lipinski definition) is 0. The molecule has 0 N–H and O–H groups in total. The van der Waals surface area contributed by atoms with Crippen molar-refractivity contribution in [2.24, 2.45) is 40.9 Å². The van der Waals surface area contributed by atoms with Gasteiger partial charge in [0.05, 0.1) is 0 Å². The molecule has 0 bridgehead atoms. The van der Waals surface area contributed by atoms with Crippen LogP contribution in [0.1, 0.15) is 127 Å². The molecule has 0 fully saturated rings. The van der Waals surface area contributed by atoms with Crippen LogP contribution < -0.4 is 0 Å². The molecule has 0 aromatic rings. The summed E-state index contributed by atoms with van der Waals surface area (Å²) in [6.45, 7) is 28.4. The van der Waals surface area contributed by atoms with Crippen LogP contribution in [0.25, 0.3) is 0 Å². The van der Waals surface area contributed by atoms with E-state index in [1.54, 1.807) is 0 Å². The summed E-state index contributed by atoms with van der Waals surface area (Å²) in [5, 5.41) is 0. The molecule has 0 aliphatic carbocycles. The van der Waals surface area contributed by atoms with Crippen molar-refractivity contribution in [3.05, 3.63) is 12.2 Å². The van der Waals surface area contributed by atoms with Crippen molar-refractivity contribution >= 4 is 0 Å². The summed E-state index contributed by atoms with van der Waals surface area (Å²) >= 11 is 0. The largest absolute Gasteiger partial charge is 0.100 e. The van der Waals surface area contributed by atoms with Crippen molar-refractivity contribution < 1.29 is 0 Å². The second-order valence-corrected chi connectivity index (χ2v) is 11.4. The van der Waals surface area contributed by atoms with E-state index in [1.807, 2.05) is 0 Å². The number of allylic oxidation sites excluding steroid dienone is 1. The molecule has 0 aliphatic rings. The van der Waals surface area contributed by atoms with E-state index in [2.05, 4.69) is 75.8 Å². The highest BCUT2D eigenvalue weighted by atomic mass is 14.4. The summed E-state index contributed by atoms with van der Waals surface area (Å²) in [6.07, 6.45) is 12.3. The van der Waals surface area contributed by atoms with E-state index in [-0.39, 0.29) is 0 Å². The average Bonchev–Trinajstić information content (AvgIpc) is 2.59. The van der Waals surface area contributed by atoms with E-state index in [0.717, 1.165) is 35.5 Å². The molecule has 28 heavy (non-hydrogen) atoms. The van der Waals surface area contributed by atoms with Crippen LogP contribution in [0.5, 0.6) is 0 Å². The second kappa shape index (κ2) is 13.9. The third kappa shape index (κ3) is 10.5. The lowest BCUT2D eigenvalue weighted by Crippen LogP contribution is -2.36. The first-order chi connectivity index (χ1) is 12.9. The van der Waals surface area contributed by atoms with Gasteiger partial charge < -0.3 is 0 Å². The zero-order valence-corrected chi connectivity index (χ0v) is 21.5. The summed E-state index contributed by atoms with van der Waals surface area (Å²) < 4.78 is 0. The molecule has 0 radical (unpaired) electrons. The van der Waals surface area contributed by atoms with Crippen LogP contribution in [-0.4, -0.2) is 0 Å². The van der Waals surface area contributed by atoms with Gasteiger partial charge in [-0.05, 0) is 60.7 Å². The molecule has 0 amide bonds. The molecule has 0 aliphatic heterocycles. The highest BCUT2D eigenvalue weighted by Crippen LogP contribution is 2.45. The fourth-order valence-electron chi connectivity index (χ4n) is 4.95. The lowest BCUT2D eigenvalue weighted by molar-refractivity contribution is 0.0544. The van der Waals surface area contributed by atoms with Gasteiger partial charge in [0.15, 0.2) is 0 Å². The Kier molecular flexibility index (Phi) is 13.7. The monoisotopic (exact) mass is 392 g/mol. The highest BCUT2D eigenvalue weighted by Gasteiger charge is 2.37. The van der Waals surface area contributed by atoms with Crippen LogP contribution in [-0.2, 0) is 0 Å². The zero-order chi connectivity index (χ0) is 21.9. The molecule has 5 unspecified atom stereocenters. The Morgan fingerprint density at radius 1 is 0.786 bits per heavy atom. The summed E-state index contributed by atoms with van der Waals surface area (Å²) in [7, 11) is 0. The Morgan fingerprint density at radius 3 is 1.82 bits per heavy atom. The van der Waals surface area contributed by atoms with Crippen LogP contribution in [0.2, 0.25) is 0 Å². The van der Waals surface area contributed by atoms with Gasteiger partial charge in [-0.1, -0.05) is 113 Å². The first-order valence-electron chi connectivity index (χ1n) is 12.6. The lowest BCUT2D eigenvalue weighted by atomic mass is 9.61. The first kappa shape index (κ1) is 27.7. The van der Waals surface area contributed by atoms with Gasteiger partial charge in [-0.15, -0.1) is 6.58 Å². The van der Waals surface area contributed by atoms with E-state index < -0.39 is 0 Å². The van der Waals surface area contributed by atoms with Gasteiger partial charge in [-0.3, -0.25) is 0 Å². The predicted molar refractivity (Wildman–Crippen MR) is 131 cm³/mol. The third-order valence-corrected chi connectivity index (χ3v) is 8.19. The maximum absolute atomic E-state index is 4.08. The van der Waals surface area contributed by atoms with Crippen molar-refractivity contribution in [3.8, 4) is 0 Å².